The Morgan fingerprint density at radius 1 is 1.23 bits per heavy atom. The van der Waals surface area contributed by atoms with Gasteiger partial charge in [0.15, 0.2) is 0 Å². The van der Waals surface area contributed by atoms with E-state index in [1.54, 1.807) is 0 Å². The van der Waals surface area contributed by atoms with E-state index >= 15 is 0 Å². The van der Waals surface area contributed by atoms with Crippen molar-refractivity contribution in [3.63, 3.8) is 0 Å². The number of hydrogen-bond donors (Lipinski definition) is 0. The zero-order chi connectivity index (χ0) is 9.26. The van der Waals surface area contributed by atoms with E-state index < -0.39 is 0 Å². The smallest absolute Gasteiger partial charge is 0.225 e. The minimum Gasteiger partial charge on any atom is -0.342 e. The largest absolute Gasteiger partial charge is 0.342 e. The maximum Gasteiger partial charge on any atom is 0.225 e. The molecule has 0 aromatic heterocycles. The van der Waals surface area contributed by atoms with E-state index in [0.29, 0.717) is 11.8 Å². The summed E-state index contributed by atoms with van der Waals surface area (Å²) in [7, 11) is 0. The molecule has 1 heterocycles. The third kappa shape index (κ3) is 2.25. The van der Waals surface area contributed by atoms with Gasteiger partial charge in [-0.1, -0.05) is 15.9 Å². The predicted molar refractivity (Wildman–Crippen MR) is 55.8 cm³/mol. The van der Waals surface area contributed by atoms with Crippen molar-refractivity contribution in [2.45, 2.75) is 25.7 Å². The van der Waals surface area contributed by atoms with E-state index in [-0.39, 0.29) is 0 Å². The maximum absolute atomic E-state index is 11.7. The zero-order valence-electron chi connectivity index (χ0n) is 7.84. The molecule has 74 valence electrons. The highest BCUT2D eigenvalue weighted by molar-refractivity contribution is 9.09. The summed E-state index contributed by atoms with van der Waals surface area (Å²) in [6.07, 6.45) is 4.64. The average molecular weight is 246 g/mol. The zero-order valence-corrected chi connectivity index (χ0v) is 9.42. The Kier molecular flexibility index (Phi) is 2.92. The Bertz CT molecular complexity index is 195. The first-order valence-electron chi connectivity index (χ1n) is 5.16. The topological polar surface area (TPSA) is 20.3 Å². The van der Waals surface area contributed by atoms with E-state index in [0.717, 1.165) is 37.2 Å². The van der Waals surface area contributed by atoms with Gasteiger partial charge >= 0.3 is 0 Å². The minimum atomic E-state index is 0.403. The highest BCUT2D eigenvalue weighted by Gasteiger charge is 2.34. The molecule has 3 heteroatoms. The van der Waals surface area contributed by atoms with Crippen LogP contribution in [0.1, 0.15) is 25.7 Å². The fourth-order valence-electron chi connectivity index (χ4n) is 1.90. The van der Waals surface area contributed by atoms with Crippen LogP contribution < -0.4 is 0 Å². The number of nitrogens with zero attached hydrogens (tertiary/aromatic N) is 1. The summed E-state index contributed by atoms with van der Waals surface area (Å²) < 4.78 is 0. The summed E-state index contributed by atoms with van der Waals surface area (Å²) in [5.74, 6) is 1.62. The molecule has 2 rings (SSSR count). The molecule has 1 amide bonds. The molecule has 1 saturated carbocycles. The number of rotatable bonds is 2. The maximum atomic E-state index is 11.7. The van der Waals surface area contributed by atoms with Crippen LogP contribution >= 0.6 is 15.9 Å². The van der Waals surface area contributed by atoms with Gasteiger partial charge in [0.2, 0.25) is 5.91 Å². The van der Waals surface area contributed by atoms with E-state index in [4.69, 9.17) is 0 Å². The lowest BCUT2D eigenvalue weighted by Crippen LogP contribution is -2.39. The van der Waals surface area contributed by atoms with Gasteiger partial charge < -0.3 is 4.90 Å². The van der Waals surface area contributed by atoms with Crippen molar-refractivity contribution in [2.24, 2.45) is 11.8 Å². The highest BCUT2D eigenvalue weighted by atomic mass is 79.9. The number of amides is 1. The Morgan fingerprint density at radius 2 is 1.85 bits per heavy atom. The van der Waals surface area contributed by atoms with Crippen molar-refractivity contribution < 1.29 is 4.79 Å². The molecule has 1 saturated heterocycles. The lowest BCUT2D eigenvalue weighted by molar-refractivity contribution is -0.133. The number of carbonyl (C=O) groups is 1. The lowest BCUT2D eigenvalue weighted by Gasteiger charge is -2.31. The van der Waals surface area contributed by atoms with Crippen LogP contribution in [0.5, 0.6) is 0 Å². The van der Waals surface area contributed by atoms with Gasteiger partial charge in [-0.2, -0.15) is 0 Å². The van der Waals surface area contributed by atoms with Crippen molar-refractivity contribution in [1.29, 1.82) is 0 Å². The number of piperidine rings is 1. The number of halogens is 1. The van der Waals surface area contributed by atoms with E-state index in [1.807, 2.05) is 0 Å². The molecule has 1 aliphatic carbocycles. The van der Waals surface area contributed by atoms with Crippen molar-refractivity contribution in [3.05, 3.63) is 0 Å². The summed E-state index contributed by atoms with van der Waals surface area (Å²) >= 11 is 3.51. The Balaban J connectivity index is 1.79. The normalized spacial score (nSPS) is 24.8. The van der Waals surface area contributed by atoms with Gasteiger partial charge in [-0.15, -0.1) is 0 Å². The first kappa shape index (κ1) is 9.50. The molecule has 0 unspecified atom stereocenters. The molecule has 0 aromatic rings. The molecular formula is C10H16BrNO. The Morgan fingerprint density at radius 3 is 2.31 bits per heavy atom. The van der Waals surface area contributed by atoms with Crippen molar-refractivity contribution in [3.8, 4) is 0 Å². The third-order valence-corrected chi connectivity index (χ3v) is 3.99. The molecule has 0 aromatic carbocycles. The second kappa shape index (κ2) is 3.99. The molecule has 1 aliphatic heterocycles. The fourth-order valence-corrected chi connectivity index (χ4v) is 2.54. The monoisotopic (exact) mass is 245 g/mol. The van der Waals surface area contributed by atoms with Gasteiger partial charge in [-0.25, -0.2) is 0 Å². The molecule has 0 N–H and O–H groups in total. The van der Waals surface area contributed by atoms with Crippen LogP contribution in [0.4, 0.5) is 0 Å². The van der Waals surface area contributed by atoms with E-state index in [2.05, 4.69) is 20.8 Å². The van der Waals surface area contributed by atoms with Crippen LogP contribution in [0.15, 0.2) is 0 Å². The number of carbonyl (C=O) groups excluding carboxylic acids is 1. The van der Waals surface area contributed by atoms with Gasteiger partial charge in [0.1, 0.15) is 0 Å². The van der Waals surface area contributed by atoms with Crippen LogP contribution in [0.2, 0.25) is 0 Å². The second-order valence-corrected chi connectivity index (χ2v) is 4.84. The average Bonchev–Trinajstić information content (AvgIpc) is 3.00. The predicted octanol–water partition coefficient (Wildman–Crippen LogP) is 2.03. The van der Waals surface area contributed by atoms with Crippen molar-refractivity contribution >= 4 is 21.8 Å². The third-order valence-electron chi connectivity index (χ3n) is 3.07. The van der Waals surface area contributed by atoms with E-state index in [9.17, 15) is 4.79 Å². The van der Waals surface area contributed by atoms with Crippen molar-refractivity contribution in [1.82, 2.24) is 4.90 Å². The van der Waals surface area contributed by atoms with E-state index in [1.165, 1.54) is 12.8 Å². The molecule has 0 radical (unpaired) electrons. The molecule has 2 fully saturated rings. The molecule has 2 nitrogen and oxygen atoms in total. The molecular weight excluding hydrogens is 230 g/mol. The number of hydrogen-bond acceptors (Lipinski definition) is 1. The Hall–Kier alpha value is -0.0500. The molecule has 0 atom stereocenters. The second-order valence-electron chi connectivity index (χ2n) is 4.20. The molecule has 2 aliphatic rings. The quantitative estimate of drug-likeness (QED) is 0.683. The number of likely N-dealkylation sites (tertiary alicyclic amines) is 1. The summed E-state index contributed by atoms with van der Waals surface area (Å²) in [5, 5.41) is 1.10. The summed E-state index contributed by atoms with van der Waals surface area (Å²) in [5.41, 5.74) is 0. The molecule has 0 spiro atoms. The van der Waals surface area contributed by atoms with Crippen LogP contribution in [-0.2, 0) is 4.79 Å². The van der Waals surface area contributed by atoms with Crippen LogP contribution in [0.3, 0.4) is 0 Å². The van der Waals surface area contributed by atoms with Crippen LogP contribution in [0.25, 0.3) is 0 Å². The minimum absolute atomic E-state index is 0.403. The fraction of sp³-hybridized carbons (Fsp3) is 0.900. The highest BCUT2D eigenvalue weighted by Crippen LogP contribution is 2.32. The van der Waals surface area contributed by atoms with Crippen molar-refractivity contribution in [2.75, 3.05) is 18.4 Å². The van der Waals surface area contributed by atoms with Gasteiger partial charge in [0.25, 0.3) is 0 Å². The van der Waals surface area contributed by atoms with Gasteiger partial charge in [-0.3, -0.25) is 4.79 Å². The Labute approximate surface area is 87.8 Å². The van der Waals surface area contributed by atoms with Gasteiger partial charge in [0.05, 0.1) is 0 Å². The van der Waals surface area contributed by atoms with Crippen LogP contribution in [0, 0.1) is 11.8 Å². The van der Waals surface area contributed by atoms with Gasteiger partial charge in [-0.05, 0) is 31.6 Å². The first-order chi connectivity index (χ1) is 6.31. The SMILES string of the molecule is O=C(C1CC1)N1CCC(CBr)CC1. The first-order valence-corrected chi connectivity index (χ1v) is 6.28. The summed E-state index contributed by atoms with van der Waals surface area (Å²) in [4.78, 5) is 13.7. The van der Waals surface area contributed by atoms with Gasteiger partial charge in [0, 0.05) is 24.3 Å². The number of alkyl halides is 1. The summed E-state index contributed by atoms with van der Waals surface area (Å²) in [6, 6.07) is 0. The molecule has 0 bridgehead atoms. The standard InChI is InChI=1S/C10H16BrNO/c11-7-8-3-5-12(6-4-8)10(13)9-1-2-9/h8-9H,1-7H2. The molecule has 13 heavy (non-hydrogen) atoms. The van der Waals surface area contributed by atoms with Crippen LogP contribution in [-0.4, -0.2) is 29.2 Å². The lowest BCUT2D eigenvalue weighted by atomic mass is 9.99. The summed E-state index contributed by atoms with van der Waals surface area (Å²) in [6.45, 7) is 1.98.